The van der Waals surface area contributed by atoms with Gasteiger partial charge in [0.1, 0.15) is 0 Å². The van der Waals surface area contributed by atoms with E-state index in [1.807, 2.05) is 13.0 Å². The van der Waals surface area contributed by atoms with Crippen LogP contribution in [0.3, 0.4) is 0 Å². The van der Waals surface area contributed by atoms with Crippen molar-refractivity contribution in [3.8, 4) is 0 Å². The molecule has 3 nitrogen and oxygen atoms in total. The van der Waals surface area contributed by atoms with E-state index in [2.05, 4.69) is 56.3 Å². The Morgan fingerprint density at radius 1 is 1.12 bits per heavy atom. The summed E-state index contributed by atoms with van der Waals surface area (Å²) in [6.45, 7) is 6.43. The first-order valence-corrected chi connectivity index (χ1v) is 11.9. The van der Waals surface area contributed by atoms with Gasteiger partial charge in [0.2, 0.25) is 0 Å². The van der Waals surface area contributed by atoms with Crippen LogP contribution in [0, 0.1) is 13.8 Å². The van der Waals surface area contributed by atoms with Crippen molar-refractivity contribution in [2.24, 2.45) is 0 Å². The monoisotopic (exact) mass is 422 g/mol. The maximum atomic E-state index is 12.9. The summed E-state index contributed by atoms with van der Waals surface area (Å²) in [5, 5.41) is 0. The van der Waals surface area contributed by atoms with Gasteiger partial charge in [-0.2, -0.15) is 0 Å². The van der Waals surface area contributed by atoms with Crippen LogP contribution in [0.15, 0.2) is 53.0 Å². The van der Waals surface area contributed by atoms with Gasteiger partial charge in [0.05, 0.1) is 0 Å². The zero-order valence-electron chi connectivity index (χ0n) is 14.8. The van der Waals surface area contributed by atoms with E-state index in [4.69, 9.17) is 9.05 Å². The Balaban J connectivity index is 2.02. The number of benzene rings is 2. The van der Waals surface area contributed by atoms with Gasteiger partial charge >= 0.3 is 156 Å². The quantitative estimate of drug-likeness (QED) is 0.521. The zero-order valence-corrected chi connectivity index (χ0v) is 17.4. The number of rotatable bonds is 5. The van der Waals surface area contributed by atoms with Gasteiger partial charge in [-0.25, -0.2) is 0 Å². The van der Waals surface area contributed by atoms with E-state index in [1.165, 1.54) is 20.1 Å². The van der Waals surface area contributed by atoms with Crippen LogP contribution in [0.5, 0.6) is 0 Å². The molecule has 3 rings (SSSR count). The van der Waals surface area contributed by atoms with E-state index in [1.54, 1.807) is 0 Å². The normalized spacial score (nSPS) is 20.4. The molecule has 1 heterocycles. The van der Waals surface area contributed by atoms with Crippen molar-refractivity contribution in [3.63, 3.8) is 0 Å². The molecule has 0 saturated carbocycles. The molecular weight excluding hydrogens is 398 g/mol. The summed E-state index contributed by atoms with van der Waals surface area (Å²) >= 11 is 0.146. The Morgan fingerprint density at radius 2 is 1.88 bits per heavy atom. The summed E-state index contributed by atoms with van der Waals surface area (Å²) in [5.41, 5.74) is 3.44. The fourth-order valence-electron chi connectivity index (χ4n) is 2.70. The third kappa shape index (κ3) is 4.46. The zero-order chi connectivity index (χ0) is 17.9. The van der Waals surface area contributed by atoms with E-state index < -0.39 is 7.60 Å². The molecule has 0 spiro atoms. The molecule has 5 heteroatoms. The fourth-order valence-corrected chi connectivity index (χ4v) is 7.01. The van der Waals surface area contributed by atoms with Crippen molar-refractivity contribution in [1.29, 1.82) is 0 Å². The van der Waals surface area contributed by atoms with Crippen molar-refractivity contribution in [2.75, 3.05) is 12.8 Å². The molecule has 1 aliphatic rings. The first-order chi connectivity index (χ1) is 12.0. The molecule has 0 aliphatic carbocycles. The first kappa shape index (κ1) is 18.5. The van der Waals surface area contributed by atoms with Crippen LogP contribution < -0.4 is 4.46 Å². The summed E-state index contributed by atoms with van der Waals surface area (Å²) in [6, 6.07) is 16.7. The predicted molar refractivity (Wildman–Crippen MR) is 104 cm³/mol. The number of allylic oxidation sites excluding steroid dienone is 1. The van der Waals surface area contributed by atoms with Crippen LogP contribution in [0.25, 0.3) is 5.76 Å². The second-order valence-electron chi connectivity index (χ2n) is 6.06. The summed E-state index contributed by atoms with van der Waals surface area (Å²) in [6.07, 6.45) is 1.22. The van der Waals surface area contributed by atoms with Crippen molar-refractivity contribution in [1.82, 2.24) is 0 Å². The second-order valence-corrected chi connectivity index (χ2v) is 10.6. The topological polar surface area (TPSA) is 35.5 Å². The van der Waals surface area contributed by atoms with Crippen LogP contribution >= 0.6 is 7.60 Å². The van der Waals surface area contributed by atoms with Gasteiger partial charge in [0, 0.05) is 0 Å². The van der Waals surface area contributed by atoms with Gasteiger partial charge in [-0.15, -0.1) is 0 Å². The van der Waals surface area contributed by atoms with Crippen LogP contribution in [0.4, 0.5) is 0 Å². The minimum atomic E-state index is -3.05. The molecule has 0 aromatic heterocycles. The molecule has 0 saturated heterocycles. The third-order valence-corrected chi connectivity index (χ3v) is 8.46. The molecular formula is C20H23O3PSe. The minimum absolute atomic E-state index is 0.146. The van der Waals surface area contributed by atoms with E-state index in [9.17, 15) is 4.57 Å². The predicted octanol–water partition coefficient (Wildman–Crippen LogP) is 4.65. The van der Waals surface area contributed by atoms with Gasteiger partial charge in [0.15, 0.2) is 0 Å². The molecule has 0 N–H and O–H groups in total. The van der Waals surface area contributed by atoms with Crippen LogP contribution in [-0.4, -0.2) is 27.7 Å². The Hall–Kier alpha value is -1.31. The summed E-state index contributed by atoms with van der Waals surface area (Å²) in [5.74, 6) is 0.759. The van der Waals surface area contributed by atoms with Crippen LogP contribution in [-0.2, 0) is 13.6 Å². The molecule has 0 bridgehead atoms. The molecule has 132 valence electrons. The molecule has 0 fully saturated rings. The Morgan fingerprint density at radius 3 is 2.56 bits per heavy atom. The van der Waals surface area contributed by atoms with E-state index >= 15 is 0 Å². The van der Waals surface area contributed by atoms with Gasteiger partial charge in [-0.3, -0.25) is 0 Å². The Kier molecular flexibility index (Phi) is 5.86. The Labute approximate surface area is 156 Å². The van der Waals surface area contributed by atoms with Crippen molar-refractivity contribution < 1.29 is 13.6 Å². The first-order valence-electron chi connectivity index (χ1n) is 8.47. The summed E-state index contributed by atoms with van der Waals surface area (Å²) in [4.78, 5) is 0. The van der Waals surface area contributed by atoms with E-state index in [0.717, 1.165) is 17.7 Å². The summed E-state index contributed by atoms with van der Waals surface area (Å²) < 4.78 is 26.9. The van der Waals surface area contributed by atoms with Gasteiger partial charge < -0.3 is 0 Å². The molecule has 2 aromatic rings. The molecule has 0 radical (unpaired) electrons. The van der Waals surface area contributed by atoms with Crippen LogP contribution in [0.1, 0.15) is 30.0 Å². The van der Waals surface area contributed by atoms with E-state index in [0.29, 0.717) is 12.8 Å². The Bertz CT molecular complexity index is 830. The van der Waals surface area contributed by atoms with Gasteiger partial charge in [-0.05, 0) is 0 Å². The average molecular weight is 421 g/mol. The van der Waals surface area contributed by atoms with Crippen LogP contribution in [0.2, 0.25) is 0 Å². The number of hydrogen-bond donors (Lipinski definition) is 0. The number of aryl methyl sites for hydroxylation is 2. The molecule has 1 unspecified atom stereocenters. The average Bonchev–Trinajstić information content (AvgIpc) is 2.60. The van der Waals surface area contributed by atoms with Crippen molar-refractivity contribution in [3.05, 3.63) is 69.7 Å². The summed E-state index contributed by atoms with van der Waals surface area (Å²) in [7, 11) is -3.05. The maximum absolute atomic E-state index is 12.9. The molecule has 1 atom stereocenters. The fraction of sp³-hybridized carbons (Fsp3) is 0.300. The van der Waals surface area contributed by atoms with Gasteiger partial charge in [0.25, 0.3) is 0 Å². The number of hydrogen-bond acceptors (Lipinski definition) is 3. The van der Waals surface area contributed by atoms with Crippen molar-refractivity contribution in [2.45, 2.75) is 27.2 Å². The SMILES string of the molecule is CCOP1(=O)CCC([Se]c2ccccc2)=C(c2ccc(C)c(C)c2)O1. The standard InChI is InChI=1S/C20H23O3PSe/c1-4-22-24(21)13-12-19(25-18-8-6-5-7-9-18)20(23-24)17-11-10-15(2)16(3)14-17/h5-11,14H,4,12-13H2,1-3H3. The van der Waals surface area contributed by atoms with E-state index in [-0.39, 0.29) is 15.0 Å². The second kappa shape index (κ2) is 7.93. The molecule has 2 aromatic carbocycles. The molecule has 1 aliphatic heterocycles. The van der Waals surface area contributed by atoms with Gasteiger partial charge in [-0.1, -0.05) is 0 Å². The van der Waals surface area contributed by atoms with Crippen molar-refractivity contribution >= 4 is 32.8 Å². The molecule has 25 heavy (non-hydrogen) atoms. The third-order valence-electron chi connectivity index (χ3n) is 4.18. The molecule has 0 amide bonds.